The fraction of sp³-hybridized carbons (Fsp3) is 0.462. The summed E-state index contributed by atoms with van der Waals surface area (Å²) in [6, 6.07) is 3.76. The summed E-state index contributed by atoms with van der Waals surface area (Å²) in [7, 11) is 1.32. The van der Waals surface area contributed by atoms with Crippen LogP contribution in [0.15, 0.2) is 18.3 Å². The molecule has 1 saturated heterocycles. The largest absolute Gasteiger partial charge is 0.465 e. The molecule has 1 aliphatic carbocycles. The predicted octanol–water partition coefficient (Wildman–Crippen LogP) is 0.809. The molecule has 2 atom stereocenters. The van der Waals surface area contributed by atoms with Gasteiger partial charge in [0.2, 0.25) is 0 Å². The zero-order valence-electron chi connectivity index (χ0n) is 11.0. The van der Waals surface area contributed by atoms with Crippen molar-refractivity contribution in [1.29, 1.82) is 0 Å². The second-order valence-electron chi connectivity index (χ2n) is 4.93. The number of hydrogen-bond acceptors (Lipinski definition) is 5. The molecule has 1 aromatic rings. The number of anilines is 1. The number of nitrogens with zero attached hydrogens (tertiary/aromatic N) is 3. The van der Waals surface area contributed by atoms with E-state index in [4.69, 9.17) is 5.11 Å². The van der Waals surface area contributed by atoms with E-state index < -0.39 is 12.1 Å². The van der Waals surface area contributed by atoms with Crippen LogP contribution in [0.5, 0.6) is 0 Å². The molecular weight excluding hydrogens is 262 g/mol. The van der Waals surface area contributed by atoms with E-state index in [-0.39, 0.29) is 17.8 Å². The summed E-state index contributed by atoms with van der Waals surface area (Å²) < 4.78 is 4.60. The van der Waals surface area contributed by atoms with Crippen molar-refractivity contribution in [3.05, 3.63) is 24.0 Å². The average Bonchev–Trinajstić information content (AvgIpc) is 3.25. The highest BCUT2D eigenvalue weighted by atomic mass is 16.5. The average molecular weight is 277 g/mol. The monoisotopic (exact) mass is 277 g/mol. The molecule has 7 heteroatoms. The fourth-order valence-electron chi connectivity index (χ4n) is 2.73. The quantitative estimate of drug-likeness (QED) is 0.805. The molecule has 7 nitrogen and oxygen atoms in total. The summed E-state index contributed by atoms with van der Waals surface area (Å²) >= 11 is 0. The number of carbonyl (C=O) groups is 2. The van der Waals surface area contributed by atoms with Crippen molar-refractivity contribution in [3.63, 3.8) is 0 Å². The van der Waals surface area contributed by atoms with Crippen molar-refractivity contribution >= 4 is 17.7 Å². The first-order chi connectivity index (χ1) is 9.61. The van der Waals surface area contributed by atoms with Crippen molar-refractivity contribution in [2.24, 2.45) is 0 Å². The lowest BCUT2D eigenvalue weighted by atomic mass is 10.2. The maximum Gasteiger partial charge on any atom is 0.407 e. The van der Waals surface area contributed by atoms with E-state index >= 15 is 0 Å². The maximum absolute atomic E-state index is 11.3. The molecule has 0 aromatic carbocycles. The van der Waals surface area contributed by atoms with Crippen molar-refractivity contribution < 1.29 is 19.4 Å². The van der Waals surface area contributed by atoms with Gasteiger partial charge >= 0.3 is 12.1 Å². The number of ether oxygens (including phenoxy) is 1. The number of methoxy groups -OCH3 is 1. The van der Waals surface area contributed by atoms with Crippen molar-refractivity contribution in [3.8, 4) is 0 Å². The van der Waals surface area contributed by atoms with Crippen molar-refractivity contribution in [2.45, 2.75) is 18.5 Å². The molecule has 2 heterocycles. The zero-order valence-corrected chi connectivity index (χ0v) is 11.0. The summed E-state index contributed by atoms with van der Waals surface area (Å²) in [5.74, 6) is -0.462. The molecule has 3 rings (SSSR count). The highest BCUT2D eigenvalue weighted by Gasteiger charge is 2.51. The summed E-state index contributed by atoms with van der Waals surface area (Å²) in [4.78, 5) is 30.1. The Morgan fingerprint density at radius 2 is 2.15 bits per heavy atom. The van der Waals surface area contributed by atoms with E-state index in [9.17, 15) is 9.59 Å². The van der Waals surface area contributed by atoms with E-state index in [0.29, 0.717) is 13.1 Å². The van der Waals surface area contributed by atoms with Gasteiger partial charge in [-0.25, -0.2) is 14.6 Å². The van der Waals surface area contributed by atoms with Crippen molar-refractivity contribution in [1.82, 2.24) is 9.88 Å². The van der Waals surface area contributed by atoms with Crippen LogP contribution in [0.2, 0.25) is 0 Å². The van der Waals surface area contributed by atoms with E-state index in [1.807, 2.05) is 6.07 Å². The van der Waals surface area contributed by atoms with Gasteiger partial charge in [0.25, 0.3) is 0 Å². The maximum atomic E-state index is 11.3. The zero-order chi connectivity index (χ0) is 14.3. The molecule has 1 amide bonds. The summed E-state index contributed by atoms with van der Waals surface area (Å²) in [6.45, 7) is 1.14. The number of hydrogen-bond donors (Lipinski definition) is 1. The van der Waals surface area contributed by atoms with Gasteiger partial charge < -0.3 is 19.6 Å². The topological polar surface area (TPSA) is 83.0 Å². The number of rotatable bonds is 2. The number of carbonyl (C=O) groups excluding carboxylic acids is 1. The van der Waals surface area contributed by atoms with Crippen LogP contribution < -0.4 is 4.90 Å². The van der Waals surface area contributed by atoms with Gasteiger partial charge in [-0.05, 0) is 18.6 Å². The normalized spacial score (nSPS) is 24.1. The number of pyridine rings is 1. The minimum atomic E-state index is -0.851. The number of amides is 1. The first-order valence-electron chi connectivity index (χ1n) is 6.42. The highest BCUT2D eigenvalue weighted by molar-refractivity contribution is 5.87. The van der Waals surface area contributed by atoms with Crippen LogP contribution in [-0.4, -0.2) is 59.3 Å². The molecule has 1 aromatic heterocycles. The Labute approximate surface area is 115 Å². The Hall–Kier alpha value is -2.31. The molecule has 0 radical (unpaired) electrons. The van der Waals surface area contributed by atoms with E-state index in [1.165, 1.54) is 12.0 Å². The molecule has 1 aliphatic heterocycles. The molecule has 20 heavy (non-hydrogen) atoms. The smallest absolute Gasteiger partial charge is 0.407 e. The van der Waals surface area contributed by atoms with Crippen LogP contribution in [0.3, 0.4) is 0 Å². The number of piperazine rings is 1. The number of carboxylic acid groups (broad SMARTS) is 1. The highest BCUT2D eigenvalue weighted by Crippen LogP contribution is 2.39. The second kappa shape index (κ2) is 4.66. The second-order valence-corrected chi connectivity index (χ2v) is 4.93. The predicted molar refractivity (Wildman–Crippen MR) is 69.8 cm³/mol. The number of fused-ring (bicyclic) bond motifs is 1. The lowest BCUT2D eigenvalue weighted by Gasteiger charge is -2.33. The van der Waals surface area contributed by atoms with Crippen LogP contribution in [0.25, 0.3) is 0 Å². The summed E-state index contributed by atoms with van der Waals surface area (Å²) in [5.41, 5.74) is 1.18. The lowest BCUT2D eigenvalue weighted by Crippen LogP contribution is -2.48. The standard InChI is InChI=1S/C13H15N3O4/c1-20-12(17)9-3-2-8(7-14-9)15-4-5-16(13(18)19)11-6-10(11)15/h2-3,7,10-11H,4-6H2,1H3,(H,18,19). The van der Waals surface area contributed by atoms with E-state index in [0.717, 1.165) is 12.1 Å². The Kier molecular flexibility index (Phi) is 2.96. The molecular formula is C13H15N3O4. The third-order valence-corrected chi connectivity index (χ3v) is 3.83. The van der Waals surface area contributed by atoms with E-state index in [1.54, 1.807) is 12.3 Å². The van der Waals surface area contributed by atoms with Crippen molar-refractivity contribution in [2.75, 3.05) is 25.1 Å². The summed E-state index contributed by atoms with van der Waals surface area (Å²) in [5, 5.41) is 9.06. The molecule has 0 bridgehead atoms. The lowest BCUT2D eigenvalue weighted by molar-refractivity contribution is 0.0594. The van der Waals surface area contributed by atoms with Crippen LogP contribution in [0.1, 0.15) is 16.9 Å². The molecule has 1 N–H and O–H groups in total. The van der Waals surface area contributed by atoms with Crippen LogP contribution in [-0.2, 0) is 4.74 Å². The Bertz CT molecular complexity index is 545. The van der Waals surface area contributed by atoms with Gasteiger partial charge in [0, 0.05) is 13.1 Å². The molecule has 106 valence electrons. The van der Waals surface area contributed by atoms with Crippen LogP contribution >= 0.6 is 0 Å². The van der Waals surface area contributed by atoms with Crippen LogP contribution in [0, 0.1) is 0 Å². The molecule has 1 saturated carbocycles. The number of aromatic nitrogens is 1. The number of esters is 1. The Morgan fingerprint density at radius 1 is 1.35 bits per heavy atom. The fourth-order valence-corrected chi connectivity index (χ4v) is 2.73. The van der Waals surface area contributed by atoms with Gasteiger partial charge in [0.1, 0.15) is 5.69 Å². The van der Waals surface area contributed by atoms with Gasteiger partial charge in [-0.15, -0.1) is 0 Å². The van der Waals surface area contributed by atoms with Gasteiger partial charge in [0.05, 0.1) is 31.1 Å². The third-order valence-electron chi connectivity index (χ3n) is 3.83. The molecule has 2 fully saturated rings. The van der Waals surface area contributed by atoms with Gasteiger partial charge in [-0.3, -0.25) is 0 Å². The minimum absolute atomic E-state index is 0.0848. The SMILES string of the molecule is COC(=O)c1ccc(N2CCN(C(=O)O)C3CC32)cn1. The van der Waals surface area contributed by atoms with Gasteiger partial charge in [0.15, 0.2) is 0 Å². The van der Waals surface area contributed by atoms with Crippen LogP contribution in [0.4, 0.5) is 10.5 Å². The first kappa shape index (κ1) is 12.7. The Morgan fingerprint density at radius 3 is 2.75 bits per heavy atom. The minimum Gasteiger partial charge on any atom is -0.465 e. The molecule has 2 aliphatic rings. The van der Waals surface area contributed by atoms with E-state index in [2.05, 4.69) is 14.6 Å². The Balaban J connectivity index is 1.72. The molecule has 2 unspecified atom stereocenters. The molecule has 0 spiro atoms. The van der Waals surface area contributed by atoms with Gasteiger partial charge in [-0.1, -0.05) is 0 Å². The third kappa shape index (κ3) is 2.04. The summed E-state index contributed by atoms with van der Waals surface area (Å²) in [6.07, 6.45) is 1.64. The first-order valence-corrected chi connectivity index (χ1v) is 6.42. The van der Waals surface area contributed by atoms with Gasteiger partial charge in [-0.2, -0.15) is 0 Å².